The Labute approximate surface area is 65.4 Å². The minimum atomic E-state index is 1.13. The summed E-state index contributed by atoms with van der Waals surface area (Å²) in [6.45, 7) is 0. The highest BCUT2D eigenvalue weighted by atomic mass is 14.7. The van der Waals surface area contributed by atoms with Gasteiger partial charge in [-0.3, -0.25) is 0 Å². The van der Waals surface area contributed by atoms with E-state index in [0.29, 0.717) is 0 Å². The highest BCUT2D eigenvalue weighted by molar-refractivity contribution is 5.86. The van der Waals surface area contributed by atoms with Crippen molar-refractivity contribution in [2.75, 3.05) is 0 Å². The van der Waals surface area contributed by atoms with Gasteiger partial charge in [0.15, 0.2) is 0 Å². The summed E-state index contributed by atoms with van der Waals surface area (Å²) < 4.78 is 0. The minimum Gasteiger partial charge on any atom is -0.213 e. The number of hydrogen-bond acceptors (Lipinski definition) is 1. The average Bonchev–Trinajstić information content (AvgIpc) is 2.58. The van der Waals surface area contributed by atoms with Crippen LogP contribution in [0.5, 0.6) is 0 Å². The fourth-order valence-electron chi connectivity index (χ4n) is 1.04. The maximum absolute atomic E-state index is 3.87. The van der Waals surface area contributed by atoms with Crippen molar-refractivity contribution < 1.29 is 0 Å². The molecular weight excluding hydrogens is 134 g/mol. The standard InChI is InChI=1S/C10H7N/c1-2-4-9(5-3-1)10-6-7-11-8-10/h1-6,8H. The van der Waals surface area contributed by atoms with E-state index in [1.54, 1.807) is 0 Å². The molecule has 0 spiro atoms. The Kier molecular flexibility index (Phi) is 1.43. The van der Waals surface area contributed by atoms with Crippen molar-refractivity contribution in [2.24, 2.45) is 4.99 Å². The summed E-state index contributed by atoms with van der Waals surface area (Å²) >= 11 is 0. The lowest BCUT2D eigenvalue weighted by Gasteiger charge is -1.95. The van der Waals surface area contributed by atoms with Crippen molar-refractivity contribution >= 4 is 11.4 Å². The van der Waals surface area contributed by atoms with E-state index in [-0.39, 0.29) is 0 Å². The van der Waals surface area contributed by atoms with E-state index in [2.05, 4.69) is 23.0 Å². The molecule has 0 fully saturated rings. The van der Waals surface area contributed by atoms with Crippen LogP contribution in [-0.2, 0) is 0 Å². The molecule has 0 radical (unpaired) electrons. The van der Waals surface area contributed by atoms with Gasteiger partial charge >= 0.3 is 0 Å². The molecule has 1 heteroatoms. The van der Waals surface area contributed by atoms with Crippen molar-refractivity contribution in [3.8, 4) is 0 Å². The minimum absolute atomic E-state index is 1.13. The van der Waals surface area contributed by atoms with Gasteiger partial charge in [0.2, 0.25) is 0 Å². The lowest BCUT2D eigenvalue weighted by atomic mass is 10.1. The van der Waals surface area contributed by atoms with Crippen LogP contribution >= 0.6 is 0 Å². The lowest BCUT2D eigenvalue weighted by Crippen LogP contribution is -1.75. The van der Waals surface area contributed by atoms with Gasteiger partial charge in [0.1, 0.15) is 0 Å². The molecule has 11 heavy (non-hydrogen) atoms. The predicted octanol–water partition coefficient (Wildman–Crippen LogP) is 2.27. The van der Waals surface area contributed by atoms with Crippen LogP contribution in [0.25, 0.3) is 5.57 Å². The van der Waals surface area contributed by atoms with Crippen LogP contribution in [0.3, 0.4) is 0 Å². The third kappa shape index (κ3) is 1.14. The topological polar surface area (TPSA) is 12.4 Å². The SMILES string of the molecule is C1=CC(c2ccccc2)=CN=1. The van der Waals surface area contributed by atoms with Gasteiger partial charge in [0, 0.05) is 17.8 Å². The molecule has 1 aromatic carbocycles. The van der Waals surface area contributed by atoms with Crippen molar-refractivity contribution in [1.82, 2.24) is 0 Å². The monoisotopic (exact) mass is 141 g/mol. The predicted molar refractivity (Wildman–Crippen MR) is 46.4 cm³/mol. The number of aliphatic imine (C=N–C) groups is 1. The third-order valence-corrected chi connectivity index (χ3v) is 1.61. The molecule has 1 heterocycles. The van der Waals surface area contributed by atoms with Gasteiger partial charge in [-0.2, -0.15) is 0 Å². The van der Waals surface area contributed by atoms with E-state index in [4.69, 9.17) is 0 Å². The number of allylic oxidation sites excluding steroid dienone is 2. The maximum Gasteiger partial charge on any atom is 0.0453 e. The molecule has 1 aliphatic heterocycles. The van der Waals surface area contributed by atoms with Crippen molar-refractivity contribution in [1.29, 1.82) is 0 Å². The van der Waals surface area contributed by atoms with Crippen LogP contribution < -0.4 is 0 Å². The molecule has 0 aromatic heterocycles. The number of rotatable bonds is 1. The normalized spacial score (nSPS) is 13.6. The van der Waals surface area contributed by atoms with Crippen LogP contribution in [0.4, 0.5) is 0 Å². The number of nitrogens with zero attached hydrogens (tertiary/aromatic N) is 1. The van der Waals surface area contributed by atoms with E-state index >= 15 is 0 Å². The largest absolute Gasteiger partial charge is 0.213 e. The Balaban J connectivity index is 2.39. The lowest BCUT2D eigenvalue weighted by molar-refractivity contribution is 1.59. The van der Waals surface area contributed by atoms with E-state index in [1.165, 1.54) is 5.56 Å². The first-order chi connectivity index (χ1) is 5.47. The third-order valence-electron chi connectivity index (χ3n) is 1.61. The van der Waals surface area contributed by atoms with Gasteiger partial charge in [-0.05, 0) is 11.4 Å². The Bertz CT molecular complexity index is 340. The summed E-state index contributed by atoms with van der Waals surface area (Å²) in [5, 5.41) is 0. The molecule has 1 nitrogen and oxygen atoms in total. The first-order valence-corrected chi connectivity index (χ1v) is 3.51. The molecule has 0 amide bonds. The van der Waals surface area contributed by atoms with Crippen molar-refractivity contribution in [3.63, 3.8) is 0 Å². The fraction of sp³-hybridized carbons (Fsp3) is 0. The molecule has 52 valence electrons. The van der Waals surface area contributed by atoms with Crippen LogP contribution in [0.2, 0.25) is 0 Å². The molecule has 1 aliphatic rings. The van der Waals surface area contributed by atoms with E-state index in [9.17, 15) is 0 Å². The molecule has 0 bridgehead atoms. The van der Waals surface area contributed by atoms with Gasteiger partial charge in [-0.1, -0.05) is 30.3 Å². The zero-order chi connectivity index (χ0) is 7.52. The molecule has 0 saturated carbocycles. The summed E-state index contributed by atoms with van der Waals surface area (Å²) in [5.41, 5.74) is 2.33. The summed E-state index contributed by atoms with van der Waals surface area (Å²) in [4.78, 5) is 3.87. The smallest absolute Gasteiger partial charge is 0.0453 e. The highest BCUT2D eigenvalue weighted by Crippen LogP contribution is 2.15. The molecule has 0 saturated heterocycles. The van der Waals surface area contributed by atoms with Crippen molar-refractivity contribution in [2.45, 2.75) is 0 Å². The zero-order valence-electron chi connectivity index (χ0n) is 5.99. The number of hydrogen-bond donors (Lipinski definition) is 0. The van der Waals surface area contributed by atoms with Crippen LogP contribution in [-0.4, -0.2) is 5.87 Å². The van der Waals surface area contributed by atoms with Gasteiger partial charge in [-0.25, -0.2) is 4.99 Å². The zero-order valence-corrected chi connectivity index (χ0v) is 5.99. The molecular formula is C10H7N. The quantitative estimate of drug-likeness (QED) is 0.569. The summed E-state index contributed by atoms with van der Waals surface area (Å²) in [6, 6.07) is 10.2. The maximum atomic E-state index is 3.87. The Morgan fingerprint density at radius 3 is 2.55 bits per heavy atom. The van der Waals surface area contributed by atoms with Gasteiger partial charge in [0.25, 0.3) is 0 Å². The number of benzene rings is 1. The first kappa shape index (κ1) is 6.14. The van der Waals surface area contributed by atoms with E-state index < -0.39 is 0 Å². The van der Waals surface area contributed by atoms with Crippen LogP contribution in [0, 0.1) is 0 Å². The Morgan fingerprint density at radius 2 is 1.91 bits per heavy atom. The Morgan fingerprint density at radius 1 is 1.09 bits per heavy atom. The van der Waals surface area contributed by atoms with Gasteiger partial charge < -0.3 is 0 Å². The highest BCUT2D eigenvalue weighted by Gasteiger charge is 1.97. The summed E-state index contributed by atoms with van der Waals surface area (Å²) in [5.74, 6) is 2.78. The second-order valence-corrected chi connectivity index (χ2v) is 2.35. The molecule has 0 unspecified atom stereocenters. The average molecular weight is 141 g/mol. The van der Waals surface area contributed by atoms with Crippen LogP contribution in [0.1, 0.15) is 5.56 Å². The Hall–Kier alpha value is -1.59. The van der Waals surface area contributed by atoms with Crippen LogP contribution in [0.15, 0.2) is 47.6 Å². The molecule has 0 atom stereocenters. The first-order valence-electron chi connectivity index (χ1n) is 3.51. The van der Waals surface area contributed by atoms with Gasteiger partial charge in [-0.15, -0.1) is 0 Å². The van der Waals surface area contributed by atoms with Gasteiger partial charge in [0.05, 0.1) is 0 Å². The van der Waals surface area contributed by atoms with Crippen molar-refractivity contribution in [3.05, 3.63) is 48.2 Å². The summed E-state index contributed by atoms with van der Waals surface area (Å²) in [7, 11) is 0. The fourth-order valence-corrected chi connectivity index (χ4v) is 1.04. The molecule has 1 aromatic rings. The second-order valence-electron chi connectivity index (χ2n) is 2.35. The molecule has 0 N–H and O–H groups in total. The molecule has 0 aliphatic carbocycles. The van der Waals surface area contributed by atoms with E-state index in [0.717, 1.165) is 5.57 Å². The molecule has 2 rings (SSSR count). The second kappa shape index (κ2) is 2.57. The summed E-state index contributed by atoms with van der Waals surface area (Å²) in [6.07, 6.45) is 3.70. The van der Waals surface area contributed by atoms with E-state index in [1.807, 2.05) is 30.5 Å².